The van der Waals surface area contributed by atoms with Gasteiger partial charge < -0.3 is 9.47 Å². The van der Waals surface area contributed by atoms with Gasteiger partial charge >= 0.3 is 0 Å². The van der Waals surface area contributed by atoms with Gasteiger partial charge in [0, 0.05) is 18.1 Å². The fraction of sp³-hybridized carbons (Fsp3) is 0.417. The summed E-state index contributed by atoms with van der Waals surface area (Å²) in [6, 6.07) is 11.6. The van der Waals surface area contributed by atoms with Crippen molar-refractivity contribution in [2.45, 2.75) is 39.2 Å². The van der Waals surface area contributed by atoms with Gasteiger partial charge in [0.25, 0.3) is 5.69 Å². The molecule has 0 heterocycles. The van der Waals surface area contributed by atoms with Crippen molar-refractivity contribution in [1.82, 2.24) is 5.43 Å². The van der Waals surface area contributed by atoms with Crippen LogP contribution in [0.4, 0.5) is 5.69 Å². The van der Waals surface area contributed by atoms with Crippen LogP contribution in [-0.2, 0) is 11.4 Å². The third kappa shape index (κ3) is 4.44. The van der Waals surface area contributed by atoms with Crippen LogP contribution in [0.3, 0.4) is 0 Å². The molecule has 2 saturated carbocycles. The van der Waals surface area contributed by atoms with E-state index in [1.807, 2.05) is 6.07 Å². The summed E-state index contributed by atoms with van der Waals surface area (Å²) in [7, 11) is 1.55. The molecular weight excluding hydrogens is 410 g/mol. The number of non-ortho nitro benzene ring substituents is 1. The Morgan fingerprint density at radius 1 is 1.25 bits per heavy atom. The average Bonchev–Trinajstić information content (AvgIpc) is 3.43. The van der Waals surface area contributed by atoms with E-state index in [1.54, 1.807) is 37.6 Å². The lowest BCUT2D eigenvalue weighted by Crippen LogP contribution is -2.22. The van der Waals surface area contributed by atoms with Gasteiger partial charge in [-0.1, -0.05) is 19.8 Å². The molecule has 0 bridgehead atoms. The molecule has 0 radical (unpaired) electrons. The Bertz CT molecular complexity index is 1040. The number of methoxy groups -OCH3 is 1. The normalized spacial score (nSPS) is 23.9. The van der Waals surface area contributed by atoms with Gasteiger partial charge in [0.1, 0.15) is 6.61 Å². The van der Waals surface area contributed by atoms with E-state index in [1.165, 1.54) is 25.0 Å². The Balaban J connectivity index is 1.33. The van der Waals surface area contributed by atoms with E-state index in [2.05, 4.69) is 17.5 Å². The zero-order chi connectivity index (χ0) is 22.7. The number of hydrogen-bond donors (Lipinski definition) is 1. The van der Waals surface area contributed by atoms with E-state index in [-0.39, 0.29) is 29.5 Å². The highest BCUT2D eigenvalue weighted by Crippen LogP contribution is 2.66. The first-order chi connectivity index (χ1) is 15.4. The molecule has 0 aliphatic heterocycles. The van der Waals surface area contributed by atoms with Gasteiger partial charge in [-0.2, -0.15) is 5.10 Å². The summed E-state index contributed by atoms with van der Waals surface area (Å²) in [5, 5.41) is 14.9. The number of fused-ring (bicyclic) bond motifs is 1. The molecule has 2 aromatic carbocycles. The molecule has 8 heteroatoms. The minimum atomic E-state index is -0.436. The minimum Gasteiger partial charge on any atom is -0.493 e. The van der Waals surface area contributed by atoms with E-state index in [4.69, 9.17) is 9.47 Å². The molecule has 1 amide bonds. The van der Waals surface area contributed by atoms with Gasteiger partial charge in [0.2, 0.25) is 5.91 Å². The number of carbonyl (C=O) groups excluding carboxylic acids is 1. The average molecular weight is 437 g/mol. The molecular formula is C24H27N3O5. The number of ether oxygens (including phenoxy) is 2. The summed E-state index contributed by atoms with van der Waals surface area (Å²) in [5.41, 5.74) is 4.47. The van der Waals surface area contributed by atoms with Crippen molar-refractivity contribution < 1.29 is 19.2 Å². The summed E-state index contributed by atoms with van der Waals surface area (Å²) >= 11 is 0. The summed E-state index contributed by atoms with van der Waals surface area (Å²) in [6.45, 7) is 2.46. The first-order valence-corrected chi connectivity index (χ1v) is 10.8. The van der Waals surface area contributed by atoms with E-state index >= 15 is 0 Å². The number of rotatable bonds is 8. The van der Waals surface area contributed by atoms with Gasteiger partial charge in [-0.3, -0.25) is 14.9 Å². The number of nitro benzene ring substituents is 1. The van der Waals surface area contributed by atoms with Crippen molar-refractivity contribution in [1.29, 1.82) is 0 Å². The maximum Gasteiger partial charge on any atom is 0.269 e. The largest absolute Gasteiger partial charge is 0.493 e. The SMILES string of the molecule is COc1cc(/C=N\NC(=O)[C@@H]2[C@H]3CCCC[C@@]32C)ccc1OCc1ccc([N+](=O)[O-])cc1. The molecule has 0 aromatic heterocycles. The molecule has 0 spiro atoms. The highest BCUT2D eigenvalue weighted by molar-refractivity contribution is 5.86. The van der Waals surface area contributed by atoms with Crippen LogP contribution in [0.2, 0.25) is 0 Å². The summed E-state index contributed by atoms with van der Waals surface area (Å²) in [5.74, 6) is 1.65. The number of amides is 1. The third-order valence-electron chi connectivity index (χ3n) is 6.73. The van der Waals surface area contributed by atoms with Crippen LogP contribution < -0.4 is 14.9 Å². The fourth-order valence-electron chi connectivity index (χ4n) is 4.85. The quantitative estimate of drug-likeness (QED) is 0.373. The molecule has 2 aliphatic carbocycles. The van der Waals surface area contributed by atoms with Gasteiger partial charge in [-0.25, -0.2) is 5.43 Å². The molecule has 4 rings (SSSR count). The second-order valence-corrected chi connectivity index (χ2v) is 8.69. The Kier molecular flexibility index (Phi) is 6.12. The molecule has 0 saturated heterocycles. The smallest absolute Gasteiger partial charge is 0.269 e. The monoisotopic (exact) mass is 437 g/mol. The van der Waals surface area contributed by atoms with Crippen LogP contribution in [0.5, 0.6) is 11.5 Å². The Morgan fingerprint density at radius 3 is 2.69 bits per heavy atom. The molecule has 8 nitrogen and oxygen atoms in total. The molecule has 2 aromatic rings. The zero-order valence-electron chi connectivity index (χ0n) is 18.2. The number of nitrogens with zero attached hydrogens (tertiary/aromatic N) is 2. The van der Waals surface area contributed by atoms with Gasteiger partial charge in [-0.15, -0.1) is 0 Å². The number of nitro groups is 1. The molecule has 2 aliphatic rings. The third-order valence-corrected chi connectivity index (χ3v) is 6.73. The van der Waals surface area contributed by atoms with Crippen molar-refractivity contribution in [3.8, 4) is 11.5 Å². The molecule has 0 unspecified atom stereocenters. The maximum absolute atomic E-state index is 12.5. The fourth-order valence-corrected chi connectivity index (χ4v) is 4.85. The molecule has 1 N–H and O–H groups in total. The van der Waals surface area contributed by atoms with Crippen LogP contribution in [0.25, 0.3) is 0 Å². The van der Waals surface area contributed by atoms with Crippen LogP contribution in [0.1, 0.15) is 43.7 Å². The molecule has 32 heavy (non-hydrogen) atoms. The van der Waals surface area contributed by atoms with Crippen molar-refractivity contribution in [3.63, 3.8) is 0 Å². The second-order valence-electron chi connectivity index (χ2n) is 8.69. The van der Waals surface area contributed by atoms with Crippen LogP contribution >= 0.6 is 0 Å². The van der Waals surface area contributed by atoms with E-state index in [0.29, 0.717) is 17.4 Å². The van der Waals surface area contributed by atoms with Gasteiger partial charge in [0.15, 0.2) is 11.5 Å². The molecule has 2 fully saturated rings. The molecule has 3 atom stereocenters. The first kappa shape index (κ1) is 21.8. The Morgan fingerprint density at radius 2 is 2.03 bits per heavy atom. The molecule has 168 valence electrons. The summed E-state index contributed by atoms with van der Waals surface area (Å²) < 4.78 is 11.2. The standard InChI is InChI=1S/C24H27N3O5/c1-24-12-4-3-5-19(24)22(24)23(28)26-25-14-17-8-11-20(21(13-17)31-2)32-15-16-6-9-18(10-7-16)27(29)30/h6-11,13-14,19,22H,3-5,12,15H2,1-2H3,(H,26,28)/b25-14-/t19-,22+,24+/m1/s1. The topological polar surface area (TPSA) is 103 Å². The van der Waals surface area contributed by atoms with Crippen molar-refractivity contribution in [2.24, 2.45) is 22.4 Å². The Labute approximate surface area is 186 Å². The number of benzene rings is 2. The lowest BCUT2D eigenvalue weighted by molar-refractivity contribution is -0.384. The highest BCUT2D eigenvalue weighted by atomic mass is 16.6. The van der Waals surface area contributed by atoms with Crippen LogP contribution in [0.15, 0.2) is 47.6 Å². The van der Waals surface area contributed by atoms with Crippen molar-refractivity contribution in [3.05, 3.63) is 63.7 Å². The first-order valence-electron chi connectivity index (χ1n) is 10.8. The van der Waals surface area contributed by atoms with E-state index in [0.717, 1.165) is 24.0 Å². The predicted molar refractivity (Wildman–Crippen MR) is 120 cm³/mol. The maximum atomic E-state index is 12.5. The van der Waals surface area contributed by atoms with E-state index in [9.17, 15) is 14.9 Å². The lowest BCUT2D eigenvalue weighted by atomic mass is 9.90. The Hall–Kier alpha value is -3.42. The number of nitrogens with one attached hydrogen (secondary N) is 1. The minimum absolute atomic E-state index is 0.00525. The van der Waals surface area contributed by atoms with Gasteiger partial charge in [-0.05, 0) is 65.6 Å². The second kappa shape index (κ2) is 8.98. The highest BCUT2D eigenvalue weighted by Gasteiger charge is 2.64. The summed E-state index contributed by atoms with van der Waals surface area (Å²) in [4.78, 5) is 22.8. The number of hydrazone groups is 1. The van der Waals surface area contributed by atoms with E-state index < -0.39 is 4.92 Å². The zero-order valence-corrected chi connectivity index (χ0v) is 18.2. The predicted octanol–water partition coefficient (Wildman–Crippen LogP) is 4.46. The van der Waals surface area contributed by atoms with Crippen LogP contribution in [-0.4, -0.2) is 24.2 Å². The number of hydrogen-bond acceptors (Lipinski definition) is 6. The lowest BCUT2D eigenvalue weighted by Gasteiger charge is -2.15. The number of carbonyl (C=O) groups is 1. The summed E-state index contributed by atoms with van der Waals surface area (Å²) in [6.07, 6.45) is 6.27. The van der Waals surface area contributed by atoms with Gasteiger partial charge in [0.05, 0.1) is 18.2 Å². The van der Waals surface area contributed by atoms with Crippen molar-refractivity contribution >= 4 is 17.8 Å². The van der Waals surface area contributed by atoms with Crippen molar-refractivity contribution in [2.75, 3.05) is 7.11 Å². The van der Waals surface area contributed by atoms with Crippen LogP contribution in [0, 0.1) is 27.4 Å².